The predicted molar refractivity (Wildman–Crippen MR) is 75.9 cm³/mol. The normalized spacial score (nSPS) is 11.5. The minimum atomic E-state index is -4.36. The first-order valence-corrected chi connectivity index (χ1v) is 7.78. The van der Waals surface area contributed by atoms with Crippen LogP contribution in [0.3, 0.4) is 0 Å². The van der Waals surface area contributed by atoms with E-state index in [1.54, 1.807) is 6.07 Å². The maximum absolute atomic E-state index is 12.7. The predicted octanol–water partition coefficient (Wildman–Crippen LogP) is 4.38. The van der Waals surface area contributed by atoms with Gasteiger partial charge in [-0.05, 0) is 24.5 Å². The molecule has 2 rings (SSSR count). The first-order valence-electron chi connectivity index (χ1n) is 5.74. The van der Waals surface area contributed by atoms with Crippen molar-refractivity contribution >= 4 is 23.5 Å². The van der Waals surface area contributed by atoms with Gasteiger partial charge in [0, 0.05) is 4.90 Å². The van der Waals surface area contributed by atoms with Gasteiger partial charge in [0.2, 0.25) is 0 Å². The van der Waals surface area contributed by atoms with Gasteiger partial charge >= 0.3 is 6.18 Å². The molecule has 0 aliphatic heterocycles. The van der Waals surface area contributed by atoms with Gasteiger partial charge in [-0.2, -0.15) is 13.2 Å². The van der Waals surface area contributed by atoms with E-state index < -0.39 is 11.7 Å². The first kappa shape index (κ1) is 16.0. The molecule has 1 aromatic carbocycles. The summed E-state index contributed by atoms with van der Waals surface area (Å²) in [4.78, 5) is 8.76. The van der Waals surface area contributed by atoms with Crippen LogP contribution >= 0.6 is 23.5 Å². The van der Waals surface area contributed by atoms with Gasteiger partial charge in [-0.3, -0.25) is 0 Å². The fourth-order valence-corrected chi connectivity index (χ4v) is 2.82. The van der Waals surface area contributed by atoms with E-state index in [9.17, 15) is 13.2 Å². The second kappa shape index (κ2) is 6.57. The lowest BCUT2D eigenvalue weighted by Gasteiger charge is -2.10. The number of aromatic nitrogens is 2. The topological polar surface area (TPSA) is 35.0 Å². The van der Waals surface area contributed by atoms with Crippen LogP contribution in [-0.4, -0.2) is 23.3 Å². The van der Waals surface area contributed by atoms with Crippen molar-refractivity contribution in [2.24, 2.45) is 0 Å². The summed E-state index contributed by atoms with van der Waals surface area (Å²) in [6, 6.07) is 5.09. The Morgan fingerprint density at radius 3 is 2.62 bits per heavy atom. The van der Waals surface area contributed by atoms with Crippen molar-refractivity contribution in [2.75, 3.05) is 13.4 Å². The lowest BCUT2D eigenvalue weighted by molar-refractivity contribution is -0.137. The molecule has 3 nitrogen and oxygen atoms in total. The van der Waals surface area contributed by atoms with Crippen molar-refractivity contribution in [3.8, 4) is 5.75 Å². The Kier molecular flexibility index (Phi) is 5.00. The number of methoxy groups -OCH3 is 1. The van der Waals surface area contributed by atoms with E-state index in [4.69, 9.17) is 4.74 Å². The Hall–Kier alpha value is -1.41. The molecule has 0 saturated carbocycles. The lowest BCUT2D eigenvalue weighted by Crippen LogP contribution is -2.04. The first-order chi connectivity index (χ1) is 9.94. The van der Waals surface area contributed by atoms with Gasteiger partial charge in [0.1, 0.15) is 5.03 Å². The van der Waals surface area contributed by atoms with Gasteiger partial charge in [-0.1, -0.05) is 29.6 Å². The zero-order valence-corrected chi connectivity index (χ0v) is 12.8. The van der Waals surface area contributed by atoms with E-state index in [-0.39, 0.29) is 0 Å². The minimum Gasteiger partial charge on any atom is -0.492 e. The smallest absolute Gasteiger partial charge is 0.416 e. The van der Waals surface area contributed by atoms with Crippen molar-refractivity contribution in [1.82, 2.24) is 9.97 Å². The average molecular weight is 332 g/mol. The molecule has 0 aliphatic rings. The molecule has 112 valence electrons. The monoisotopic (exact) mass is 332 g/mol. The molecule has 0 unspecified atom stereocenters. The highest BCUT2D eigenvalue weighted by molar-refractivity contribution is 7.99. The lowest BCUT2D eigenvalue weighted by atomic mass is 10.2. The van der Waals surface area contributed by atoms with Gasteiger partial charge in [-0.25, -0.2) is 9.97 Å². The Morgan fingerprint density at radius 1 is 1.24 bits per heavy atom. The number of thioether (sulfide) groups is 1. The number of ether oxygens (including phenoxy) is 1. The molecule has 8 heteroatoms. The van der Waals surface area contributed by atoms with E-state index in [0.717, 1.165) is 23.9 Å². The van der Waals surface area contributed by atoms with E-state index in [2.05, 4.69) is 9.97 Å². The SMILES string of the molecule is COc1cnc(SC)nc1Sc1cccc(C(F)(F)F)c1. The number of benzene rings is 1. The number of rotatable bonds is 4. The van der Waals surface area contributed by atoms with Crippen LogP contribution in [0.1, 0.15) is 5.56 Å². The molecule has 1 aromatic heterocycles. The second-order valence-electron chi connectivity index (χ2n) is 3.86. The van der Waals surface area contributed by atoms with Gasteiger partial charge in [0.25, 0.3) is 0 Å². The molecular formula is C13H11F3N2OS2. The minimum absolute atomic E-state index is 0.426. The number of halogens is 3. The van der Waals surface area contributed by atoms with Crippen molar-refractivity contribution in [2.45, 2.75) is 21.3 Å². The summed E-state index contributed by atoms with van der Waals surface area (Å²) < 4.78 is 43.3. The number of alkyl halides is 3. The van der Waals surface area contributed by atoms with Crippen molar-refractivity contribution in [3.63, 3.8) is 0 Å². The van der Waals surface area contributed by atoms with Crippen molar-refractivity contribution < 1.29 is 17.9 Å². The molecule has 0 bridgehead atoms. The summed E-state index contributed by atoms with van der Waals surface area (Å²) in [6.07, 6.45) is -1.04. The highest BCUT2D eigenvalue weighted by Gasteiger charge is 2.30. The Balaban J connectivity index is 2.33. The van der Waals surface area contributed by atoms with Crippen LogP contribution in [0.25, 0.3) is 0 Å². The molecule has 0 N–H and O–H groups in total. The fraction of sp³-hybridized carbons (Fsp3) is 0.231. The van der Waals surface area contributed by atoms with Gasteiger partial charge in [0.05, 0.1) is 18.9 Å². The number of hydrogen-bond donors (Lipinski definition) is 0. The molecule has 0 saturated heterocycles. The molecule has 21 heavy (non-hydrogen) atoms. The quantitative estimate of drug-likeness (QED) is 0.472. The van der Waals surface area contributed by atoms with Crippen LogP contribution in [0.15, 0.2) is 45.5 Å². The summed E-state index contributed by atoms with van der Waals surface area (Å²) in [5.74, 6) is 0.426. The Morgan fingerprint density at radius 2 is 2.00 bits per heavy atom. The molecule has 0 atom stereocenters. The zero-order valence-electron chi connectivity index (χ0n) is 11.1. The summed E-state index contributed by atoms with van der Waals surface area (Å²) in [7, 11) is 1.47. The van der Waals surface area contributed by atoms with Gasteiger partial charge in [-0.15, -0.1) is 0 Å². The van der Waals surface area contributed by atoms with Crippen LogP contribution in [0.5, 0.6) is 5.75 Å². The second-order valence-corrected chi connectivity index (χ2v) is 5.69. The molecule has 0 aliphatic carbocycles. The summed E-state index contributed by atoms with van der Waals surface area (Å²) in [5.41, 5.74) is -0.689. The third-order valence-corrected chi connectivity index (χ3v) is 4.02. The highest BCUT2D eigenvalue weighted by atomic mass is 32.2. The van der Waals surface area contributed by atoms with Gasteiger partial charge < -0.3 is 4.74 Å². The van der Waals surface area contributed by atoms with E-state index in [1.165, 1.54) is 31.1 Å². The molecule has 1 heterocycles. The Bertz CT molecular complexity index is 635. The van der Waals surface area contributed by atoms with Crippen molar-refractivity contribution in [1.29, 1.82) is 0 Å². The van der Waals surface area contributed by atoms with Crippen LogP contribution in [-0.2, 0) is 6.18 Å². The molecule has 2 aromatic rings. The average Bonchev–Trinajstić information content (AvgIpc) is 2.46. The van der Waals surface area contributed by atoms with E-state index in [0.29, 0.717) is 20.8 Å². The van der Waals surface area contributed by atoms with Crippen LogP contribution in [0.4, 0.5) is 13.2 Å². The zero-order chi connectivity index (χ0) is 15.5. The molecule has 0 spiro atoms. The summed E-state index contributed by atoms with van der Waals surface area (Å²) in [6.45, 7) is 0. The summed E-state index contributed by atoms with van der Waals surface area (Å²) >= 11 is 2.46. The van der Waals surface area contributed by atoms with Gasteiger partial charge in [0.15, 0.2) is 10.9 Å². The summed E-state index contributed by atoms with van der Waals surface area (Å²) in [5, 5.41) is 1.02. The Labute approximate surface area is 128 Å². The van der Waals surface area contributed by atoms with Crippen molar-refractivity contribution in [3.05, 3.63) is 36.0 Å². The van der Waals surface area contributed by atoms with Crippen LogP contribution < -0.4 is 4.74 Å². The number of hydrogen-bond acceptors (Lipinski definition) is 5. The van der Waals surface area contributed by atoms with E-state index >= 15 is 0 Å². The fourth-order valence-electron chi connectivity index (χ4n) is 1.50. The maximum atomic E-state index is 12.7. The van der Waals surface area contributed by atoms with Crippen LogP contribution in [0, 0.1) is 0 Å². The van der Waals surface area contributed by atoms with Crippen LogP contribution in [0.2, 0.25) is 0 Å². The highest BCUT2D eigenvalue weighted by Crippen LogP contribution is 2.37. The molecular weight excluding hydrogens is 321 g/mol. The van der Waals surface area contributed by atoms with E-state index in [1.807, 2.05) is 6.26 Å². The molecule has 0 fully saturated rings. The number of nitrogens with zero attached hydrogens (tertiary/aromatic N) is 2. The maximum Gasteiger partial charge on any atom is 0.416 e. The standard InChI is InChI=1S/C13H11F3N2OS2/c1-19-10-7-17-12(20-2)18-11(10)21-9-5-3-4-8(6-9)13(14,15)16/h3-7H,1-2H3. The third kappa shape index (κ3) is 4.04. The molecule has 0 radical (unpaired) electrons. The molecule has 0 amide bonds. The largest absolute Gasteiger partial charge is 0.492 e. The third-order valence-electron chi connectivity index (χ3n) is 2.48.